The van der Waals surface area contributed by atoms with E-state index in [0.29, 0.717) is 56.3 Å². The minimum Gasteiger partial charge on any atom is -0.480 e. The molecular formula is C24H23FN5O5+. The highest BCUT2D eigenvalue weighted by molar-refractivity contribution is 6.06. The summed E-state index contributed by atoms with van der Waals surface area (Å²) in [4.78, 5) is 42.6. The Balaban J connectivity index is 1.09. The van der Waals surface area contributed by atoms with Crippen molar-refractivity contribution in [2.45, 2.75) is 18.9 Å². The molecule has 2 N–H and O–H groups in total. The van der Waals surface area contributed by atoms with Crippen LogP contribution in [0, 0.1) is 5.82 Å². The highest BCUT2D eigenvalue weighted by Crippen LogP contribution is 2.42. The fourth-order valence-corrected chi connectivity index (χ4v) is 5.18. The molecule has 0 aliphatic carbocycles. The van der Waals surface area contributed by atoms with Gasteiger partial charge in [0.1, 0.15) is 24.4 Å². The first kappa shape index (κ1) is 21.7. The van der Waals surface area contributed by atoms with Gasteiger partial charge in [-0.1, -0.05) is 0 Å². The first-order valence-corrected chi connectivity index (χ1v) is 11.5. The summed E-state index contributed by atoms with van der Waals surface area (Å²) < 4.78 is 25.2. The number of ether oxygens (including phenoxy) is 2. The van der Waals surface area contributed by atoms with Gasteiger partial charge in [-0.3, -0.25) is 15.0 Å². The highest BCUT2D eigenvalue weighted by Gasteiger charge is 2.48. The molecule has 1 aromatic carbocycles. The smallest absolute Gasteiger partial charge is 0.415 e. The zero-order valence-corrected chi connectivity index (χ0v) is 18.8. The Hall–Kier alpha value is -3.83. The standard InChI is InChI=1S/C24H22FN5O5/c25-17-3-1-14-2-6-21(32)30(10-8-16(17)22(14)30)13-26-9-7-15-11-29(24(33)35-15)19-5-4-18-23(27-19)28-20(31)12-34-18/h1-6,15,26H,7-13H2/p+1/t15-,30-/m0/s1. The van der Waals surface area contributed by atoms with Crippen molar-refractivity contribution in [3.8, 4) is 5.75 Å². The van der Waals surface area contributed by atoms with Gasteiger partial charge in [0.25, 0.3) is 5.91 Å². The maximum atomic E-state index is 14.4. The molecule has 1 saturated heterocycles. The number of rotatable bonds is 6. The number of nitrogens with zero attached hydrogens (tertiary/aromatic N) is 3. The van der Waals surface area contributed by atoms with E-state index < -0.39 is 6.09 Å². The number of amides is 3. The number of nitrogens with one attached hydrogen (secondary N) is 2. The Morgan fingerprint density at radius 3 is 2.97 bits per heavy atom. The lowest BCUT2D eigenvalue weighted by molar-refractivity contribution is -0.125. The molecule has 0 radical (unpaired) electrons. The molecule has 4 aliphatic rings. The number of halogens is 1. The van der Waals surface area contributed by atoms with Crippen molar-refractivity contribution in [1.82, 2.24) is 14.8 Å². The van der Waals surface area contributed by atoms with Gasteiger partial charge in [0.05, 0.1) is 18.7 Å². The van der Waals surface area contributed by atoms with Crippen LogP contribution in [0.1, 0.15) is 17.5 Å². The molecule has 10 nitrogen and oxygen atoms in total. The Kier molecular flexibility index (Phi) is 5.04. The molecule has 35 heavy (non-hydrogen) atoms. The predicted molar refractivity (Wildman–Crippen MR) is 124 cm³/mol. The number of carbonyl (C=O) groups is 3. The van der Waals surface area contributed by atoms with Crippen LogP contribution in [-0.4, -0.2) is 61.9 Å². The van der Waals surface area contributed by atoms with Crippen LogP contribution in [0.4, 0.5) is 26.5 Å². The van der Waals surface area contributed by atoms with Gasteiger partial charge >= 0.3 is 12.0 Å². The maximum Gasteiger partial charge on any atom is 0.415 e. The van der Waals surface area contributed by atoms with Crippen molar-refractivity contribution in [3.05, 3.63) is 47.3 Å². The van der Waals surface area contributed by atoms with E-state index in [4.69, 9.17) is 9.47 Å². The number of pyridine rings is 1. The van der Waals surface area contributed by atoms with Gasteiger partial charge in [-0.05, 0) is 36.8 Å². The Morgan fingerprint density at radius 1 is 1.20 bits per heavy atom. The third kappa shape index (κ3) is 3.55. The van der Waals surface area contributed by atoms with Gasteiger partial charge in [-0.25, -0.2) is 23.4 Å². The molecule has 6 rings (SSSR count). The number of aromatic nitrogens is 1. The Bertz CT molecular complexity index is 1300. The first-order chi connectivity index (χ1) is 16.9. The zero-order valence-electron chi connectivity index (χ0n) is 18.8. The predicted octanol–water partition coefficient (Wildman–Crippen LogP) is 1.93. The number of carbonyl (C=O) groups excluding carboxylic acids is 3. The van der Waals surface area contributed by atoms with E-state index in [-0.39, 0.29) is 40.6 Å². The van der Waals surface area contributed by atoms with Crippen LogP contribution < -0.4 is 24.8 Å². The summed E-state index contributed by atoms with van der Waals surface area (Å²) in [6.07, 6.45) is 3.47. The Morgan fingerprint density at radius 2 is 2.09 bits per heavy atom. The average Bonchev–Trinajstić information content (AvgIpc) is 3.43. The molecule has 3 amide bonds. The molecule has 0 spiro atoms. The summed E-state index contributed by atoms with van der Waals surface area (Å²) in [7, 11) is 0. The average molecular weight is 480 g/mol. The third-order valence-electron chi connectivity index (χ3n) is 6.89. The molecule has 2 atom stereocenters. The molecule has 0 unspecified atom stereocenters. The minimum absolute atomic E-state index is 0.0579. The summed E-state index contributed by atoms with van der Waals surface area (Å²) in [5.41, 5.74) is 2.24. The van der Waals surface area contributed by atoms with Crippen LogP contribution >= 0.6 is 0 Å². The van der Waals surface area contributed by atoms with Crippen LogP contribution in [0.3, 0.4) is 0 Å². The maximum absolute atomic E-state index is 14.4. The lowest BCUT2D eigenvalue weighted by Gasteiger charge is -2.33. The molecule has 2 aromatic rings. The van der Waals surface area contributed by atoms with E-state index in [1.54, 1.807) is 30.4 Å². The number of fused-ring (bicyclic) bond motifs is 1. The van der Waals surface area contributed by atoms with E-state index >= 15 is 0 Å². The van der Waals surface area contributed by atoms with Gasteiger partial charge in [-0.2, -0.15) is 0 Å². The van der Waals surface area contributed by atoms with Gasteiger partial charge in [0.15, 0.2) is 23.9 Å². The topological polar surface area (TPSA) is 110 Å². The summed E-state index contributed by atoms with van der Waals surface area (Å²) in [5.74, 6) is 0.436. The van der Waals surface area contributed by atoms with E-state index in [2.05, 4.69) is 15.6 Å². The molecule has 0 saturated carbocycles. The van der Waals surface area contributed by atoms with Gasteiger partial charge in [-0.15, -0.1) is 0 Å². The van der Waals surface area contributed by atoms with Crippen LogP contribution in [-0.2, 0) is 20.7 Å². The lowest BCUT2D eigenvalue weighted by Crippen LogP contribution is -2.58. The Labute approximate surface area is 199 Å². The fraction of sp³-hybridized carbons (Fsp3) is 0.333. The summed E-state index contributed by atoms with van der Waals surface area (Å²) >= 11 is 0. The van der Waals surface area contributed by atoms with E-state index in [1.807, 2.05) is 0 Å². The van der Waals surface area contributed by atoms with Crippen molar-refractivity contribution < 1.29 is 28.2 Å². The quantitative estimate of drug-likeness (QED) is 0.480. The number of hydrogen-bond acceptors (Lipinski definition) is 7. The molecule has 1 aromatic heterocycles. The number of quaternary nitrogens is 1. The van der Waals surface area contributed by atoms with Crippen molar-refractivity contribution in [1.29, 1.82) is 0 Å². The third-order valence-corrected chi connectivity index (χ3v) is 6.89. The normalized spacial score (nSPS) is 24.1. The number of cyclic esters (lactones) is 1. The summed E-state index contributed by atoms with van der Waals surface area (Å²) in [6.45, 7) is 1.59. The second kappa shape index (κ2) is 8.14. The second-order valence-corrected chi connectivity index (χ2v) is 8.99. The van der Waals surface area contributed by atoms with Crippen LogP contribution in [0.25, 0.3) is 6.08 Å². The second-order valence-electron chi connectivity index (χ2n) is 8.99. The van der Waals surface area contributed by atoms with Gasteiger partial charge < -0.3 is 14.8 Å². The molecule has 180 valence electrons. The summed E-state index contributed by atoms with van der Waals surface area (Å²) in [5, 5.41) is 5.95. The first-order valence-electron chi connectivity index (χ1n) is 11.5. The fourth-order valence-electron chi connectivity index (χ4n) is 5.18. The molecule has 11 heteroatoms. The van der Waals surface area contributed by atoms with Crippen molar-refractivity contribution in [2.75, 3.05) is 43.1 Å². The lowest BCUT2D eigenvalue weighted by atomic mass is 10.0. The van der Waals surface area contributed by atoms with Crippen LogP contribution in [0.5, 0.6) is 5.75 Å². The number of hydrogen-bond donors (Lipinski definition) is 2. The van der Waals surface area contributed by atoms with Gasteiger partial charge in [0.2, 0.25) is 0 Å². The highest BCUT2D eigenvalue weighted by atomic mass is 19.1. The van der Waals surface area contributed by atoms with Crippen LogP contribution in [0.2, 0.25) is 0 Å². The largest absolute Gasteiger partial charge is 0.480 e. The van der Waals surface area contributed by atoms with E-state index in [1.165, 1.54) is 11.0 Å². The number of benzene rings is 1. The molecular weight excluding hydrogens is 457 g/mol. The monoisotopic (exact) mass is 480 g/mol. The SMILES string of the molecule is O=C1COc2ccc(N3C[C@H](CCNC[N@+]45CCc6c(F)ccc(c64)C=CC5=O)OC3=O)nc2N1. The summed E-state index contributed by atoms with van der Waals surface area (Å²) in [6, 6.07) is 6.47. The molecule has 5 heterocycles. The van der Waals surface area contributed by atoms with Gasteiger partial charge in [0, 0.05) is 24.6 Å². The van der Waals surface area contributed by atoms with E-state index in [0.717, 1.165) is 11.3 Å². The van der Waals surface area contributed by atoms with Crippen molar-refractivity contribution >= 4 is 41.3 Å². The molecule has 4 aliphatic heterocycles. The van der Waals surface area contributed by atoms with Crippen molar-refractivity contribution in [3.63, 3.8) is 0 Å². The zero-order chi connectivity index (χ0) is 24.2. The van der Waals surface area contributed by atoms with Crippen LogP contribution in [0.15, 0.2) is 30.3 Å². The van der Waals surface area contributed by atoms with Crippen molar-refractivity contribution in [2.24, 2.45) is 0 Å². The molecule has 1 fully saturated rings. The minimum atomic E-state index is -0.516. The molecule has 0 bridgehead atoms. The van der Waals surface area contributed by atoms with E-state index in [9.17, 15) is 18.8 Å². The number of anilines is 2.